The monoisotopic (exact) mass is 966 g/mol. The Morgan fingerprint density at radius 1 is 0.727 bits per heavy atom. The molecule has 1 aliphatic heterocycles. The van der Waals surface area contributed by atoms with Gasteiger partial charge in [-0.05, 0) is 42.4 Å². The average molecular weight is 967 g/mol. The number of carbonyl (C=O) groups excluding carboxylic acids is 11. The lowest BCUT2D eigenvalue weighted by molar-refractivity contribution is -0.136. The highest BCUT2D eigenvalue weighted by atomic mass is 33.1. The molecule has 0 spiro atoms. The quantitative estimate of drug-likeness (QED) is 0.0617. The molecule has 1 fully saturated rings. The van der Waals surface area contributed by atoms with E-state index in [0.29, 0.717) is 12.0 Å². The van der Waals surface area contributed by atoms with Gasteiger partial charge in [0.25, 0.3) is 0 Å². The molecule has 24 nitrogen and oxygen atoms in total. The molecule has 1 unspecified atom stereocenters. The fourth-order valence-electron chi connectivity index (χ4n) is 6.12. The Balaban J connectivity index is 2.54. The largest absolute Gasteiger partial charge is 0.508 e. The molecular formula is C40H62N12O12S2. The number of amides is 11. The van der Waals surface area contributed by atoms with Gasteiger partial charge in [0.15, 0.2) is 0 Å². The number of nitrogens with two attached hydrogens (primary N) is 4. The molecular weight excluding hydrogens is 905 g/mol. The van der Waals surface area contributed by atoms with Crippen molar-refractivity contribution in [1.29, 1.82) is 0 Å². The second-order valence-electron chi connectivity index (χ2n) is 16.0. The highest BCUT2D eigenvalue weighted by molar-refractivity contribution is 8.76. The maximum atomic E-state index is 14.0. The standard InChI is InChI=1S/C40H62N12O12S2/c1-5-20(4)33-40(64)48-24(10-11-29(42)54)37(61)50-27(14-30(43)55)38(62)51-28(36(60)46-16-32(57)47-25(12-19(2)3)35(59)45-15-31(44)56)18-66-65-17-23(41)34(58)49-26(39(63)52-33)13-21-6-8-22(53)9-7-21/h6-9,19-20,23-28,33,53H,5,10-18,41H2,1-4H3,(H2,42,54)(H2,43,55)(H2,44,56)(H,45,59)(H,46,60)(H,47,57)(H,48,64)(H,49,58)(H,50,61)(H,51,62)(H,52,63)/t20-,23-,24-,25-,26-,27-,28-,33?/m0/s1. The van der Waals surface area contributed by atoms with Gasteiger partial charge in [-0.3, -0.25) is 52.7 Å². The molecule has 17 N–H and O–H groups in total. The van der Waals surface area contributed by atoms with E-state index >= 15 is 0 Å². The summed E-state index contributed by atoms with van der Waals surface area (Å²) in [6, 6.07) is -4.04. The van der Waals surface area contributed by atoms with Crippen molar-refractivity contribution >= 4 is 86.6 Å². The number of phenols is 1. The highest BCUT2D eigenvalue weighted by Crippen LogP contribution is 2.23. The lowest BCUT2D eigenvalue weighted by Gasteiger charge is -2.29. The van der Waals surface area contributed by atoms with Crippen LogP contribution < -0.4 is 65.5 Å². The molecule has 1 saturated heterocycles. The zero-order valence-corrected chi connectivity index (χ0v) is 38.8. The van der Waals surface area contributed by atoms with Crippen molar-refractivity contribution in [2.24, 2.45) is 34.8 Å². The van der Waals surface area contributed by atoms with E-state index in [-0.39, 0.29) is 36.0 Å². The third-order valence-electron chi connectivity index (χ3n) is 9.91. The van der Waals surface area contributed by atoms with Gasteiger partial charge in [-0.15, -0.1) is 0 Å². The number of hydrogen-bond acceptors (Lipinski definition) is 15. The second kappa shape index (κ2) is 28.0. The lowest BCUT2D eigenvalue weighted by Crippen LogP contribution is -2.61. The molecule has 0 aromatic heterocycles. The van der Waals surface area contributed by atoms with E-state index in [2.05, 4.69) is 42.5 Å². The summed E-state index contributed by atoms with van der Waals surface area (Å²) < 4.78 is 0. The number of nitrogens with one attached hydrogen (secondary N) is 8. The molecule has 2 rings (SSSR count). The van der Waals surface area contributed by atoms with Crippen LogP contribution in [0.15, 0.2) is 24.3 Å². The molecule has 366 valence electrons. The summed E-state index contributed by atoms with van der Waals surface area (Å²) in [4.78, 5) is 144. The summed E-state index contributed by atoms with van der Waals surface area (Å²) in [7, 11) is 1.96. The first kappa shape index (κ1) is 56.0. The number of benzene rings is 1. The van der Waals surface area contributed by atoms with Crippen LogP contribution in [0.2, 0.25) is 0 Å². The predicted octanol–water partition coefficient (Wildman–Crippen LogP) is -4.48. The van der Waals surface area contributed by atoms with Crippen LogP contribution in [0.25, 0.3) is 0 Å². The predicted molar refractivity (Wildman–Crippen MR) is 243 cm³/mol. The number of rotatable bonds is 18. The molecule has 0 aliphatic carbocycles. The van der Waals surface area contributed by atoms with E-state index in [1.807, 2.05) is 0 Å². The van der Waals surface area contributed by atoms with Crippen LogP contribution in [0.4, 0.5) is 0 Å². The summed E-state index contributed by atoms with van der Waals surface area (Å²) in [5.41, 5.74) is 22.7. The topological polar surface area (TPSA) is 408 Å². The Kier molecular flexibility index (Phi) is 23.8. The van der Waals surface area contributed by atoms with Crippen LogP contribution in [-0.2, 0) is 59.2 Å². The van der Waals surface area contributed by atoms with Crippen molar-refractivity contribution in [3.63, 3.8) is 0 Å². The number of phenolic OH excluding ortho intramolecular Hbond substituents is 1. The average Bonchev–Trinajstić information content (AvgIpc) is 3.24. The Morgan fingerprint density at radius 3 is 1.91 bits per heavy atom. The molecule has 11 amide bonds. The van der Waals surface area contributed by atoms with E-state index < -0.39 is 146 Å². The van der Waals surface area contributed by atoms with Crippen molar-refractivity contribution in [3.05, 3.63) is 29.8 Å². The molecule has 66 heavy (non-hydrogen) atoms. The third kappa shape index (κ3) is 20.4. The Labute approximate surface area is 389 Å². The minimum atomic E-state index is -1.76. The zero-order chi connectivity index (χ0) is 49.7. The summed E-state index contributed by atoms with van der Waals surface area (Å²) in [5, 5.41) is 29.5. The molecule has 1 heterocycles. The SMILES string of the molecule is CC[C@H](C)C1NC(=O)[C@H](Cc2ccc(O)cc2)NC(=O)[C@@H](N)CSSC[C@@H](C(=O)NCC(=O)N[C@@H](CC(C)C)C(=O)NCC(N)=O)NC(=O)[C@H](CC(N)=O)NC(=O)[C@H](CCC(N)=O)NC1=O. The first-order valence-electron chi connectivity index (χ1n) is 21.0. The molecule has 0 radical (unpaired) electrons. The summed E-state index contributed by atoms with van der Waals surface area (Å²) in [6.45, 7) is 5.76. The van der Waals surface area contributed by atoms with Crippen molar-refractivity contribution in [2.75, 3.05) is 24.6 Å². The minimum absolute atomic E-state index is 0.0509. The van der Waals surface area contributed by atoms with E-state index in [4.69, 9.17) is 22.9 Å². The summed E-state index contributed by atoms with van der Waals surface area (Å²) in [6.07, 6.45) is -1.27. The fraction of sp³-hybridized carbons (Fsp3) is 0.575. The van der Waals surface area contributed by atoms with Gasteiger partial charge in [-0.2, -0.15) is 0 Å². The van der Waals surface area contributed by atoms with Gasteiger partial charge in [0.1, 0.15) is 42.0 Å². The molecule has 0 saturated carbocycles. The van der Waals surface area contributed by atoms with Crippen LogP contribution >= 0.6 is 21.6 Å². The Bertz CT molecular complexity index is 1930. The fourth-order valence-corrected chi connectivity index (χ4v) is 8.40. The molecule has 1 aromatic rings. The Morgan fingerprint density at radius 2 is 1.32 bits per heavy atom. The van der Waals surface area contributed by atoms with Crippen molar-refractivity contribution in [2.45, 2.75) is 109 Å². The van der Waals surface area contributed by atoms with Gasteiger partial charge in [-0.25, -0.2) is 0 Å². The summed E-state index contributed by atoms with van der Waals surface area (Å²) in [5.74, 6) is -10.9. The molecule has 0 bridgehead atoms. The first-order chi connectivity index (χ1) is 31.0. The third-order valence-corrected chi connectivity index (χ3v) is 12.4. The van der Waals surface area contributed by atoms with E-state index in [1.165, 1.54) is 24.3 Å². The smallest absolute Gasteiger partial charge is 0.243 e. The summed E-state index contributed by atoms with van der Waals surface area (Å²) >= 11 is 0. The van der Waals surface area contributed by atoms with Gasteiger partial charge in [0, 0.05) is 24.3 Å². The van der Waals surface area contributed by atoms with Crippen LogP contribution in [-0.4, -0.2) is 137 Å². The number of aromatic hydroxyl groups is 1. The van der Waals surface area contributed by atoms with Crippen LogP contribution in [0.1, 0.15) is 65.4 Å². The van der Waals surface area contributed by atoms with Gasteiger partial charge < -0.3 is 70.6 Å². The van der Waals surface area contributed by atoms with Gasteiger partial charge in [0.2, 0.25) is 65.0 Å². The van der Waals surface area contributed by atoms with E-state index in [9.17, 15) is 57.8 Å². The maximum Gasteiger partial charge on any atom is 0.243 e. The van der Waals surface area contributed by atoms with Gasteiger partial charge >= 0.3 is 0 Å². The highest BCUT2D eigenvalue weighted by Gasteiger charge is 2.36. The molecule has 8 atom stereocenters. The van der Waals surface area contributed by atoms with Crippen LogP contribution in [0.3, 0.4) is 0 Å². The van der Waals surface area contributed by atoms with E-state index in [1.54, 1.807) is 27.7 Å². The van der Waals surface area contributed by atoms with Crippen molar-refractivity contribution < 1.29 is 57.8 Å². The first-order valence-corrected chi connectivity index (χ1v) is 23.5. The number of primary amides is 3. The van der Waals surface area contributed by atoms with Crippen molar-refractivity contribution in [3.8, 4) is 5.75 Å². The molecule has 1 aliphatic rings. The van der Waals surface area contributed by atoms with Crippen molar-refractivity contribution in [1.82, 2.24) is 42.5 Å². The Hall–Kier alpha value is -6.15. The normalized spacial score (nSPS) is 22.4. The minimum Gasteiger partial charge on any atom is -0.508 e. The van der Waals surface area contributed by atoms with E-state index in [0.717, 1.165) is 21.6 Å². The lowest BCUT2D eigenvalue weighted by atomic mass is 9.96. The van der Waals surface area contributed by atoms with Crippen LogP contribution in [0.5, 0.6) is 5.75 Å². The second-order valence-corrected chi connectivity index (χ2v) is 18.5. The van der Waals surface area contributed by atoms with Crippen LogP contribution in [0, 0.1) is 11.8 Å². The zero-order valence-electron chi connectivity index (χ0n) is 37.1. The molecule has 1 aromatic carbocycles. The number of hydrogen-bond donors (Lipinski definition) is 13. The maximum absolute atomic E-state index is 14.0. The number of carbonyl (C=O) groups is 11. The van der Waals surface area contributed by atoms with Gasteiger partial charge in [0.05, 0.1) is 25.6 Å². The molecule has 26 heteroatoms. The van der Waals surface area contributed by atoms with Gasteiger partial charge in [-0.1, -0.05) is 67.8 Å².